The summed E-state index contributed by atoms with van der Waals surface area (Å²) in [5, 5.41) is 9.64. The molecule has 2 aliphatic heterocycles. The normalized spacial score (nSPS) is 25.4. The Hall–Kier alpha value is -1.40. The van der Waals surface area contributed by atoms with Crippen molar-refractivity contribution in [2.75, 3.05) is 39.3 Å². The van der Waals surface area contributed by atoms with Gasteiger partial charge in [-0.1, -0.05) is 0 Å². The second kappa shape index (κ2) is 7.66. The lowest BCUT2D eigenvalue weighted by molar-refractivity contribution is -0.135. The minimum Gasteiger partial charge on any atom is -0.396 e. The molecule has 2 fully saturated rings. The molecular formula is C18H30N4O2. The number of imidazole rings is 1. The molecule has 134 valence electrons. The molecule has 0 spiro atoms. The van der Waals surface area contributed by atoms with E-state index in [1.54, 1.807) is 6.33 Å². The summed E-state index contributed by atoms with van der Waals surface area (Å²) < 4.78 is 1.93. The number of aliphatic hydroxyl groups excluding tert-OH is 1. The highest BCUT2D eigenvalue weighted by atomic mass is 16.3. The first kappa shape index (κ1) is 17.4. The van der Waals surface area contributed by atoms with Gasteiger partial charge in [-0.3, -0.25) is 4.79 Å². The van der Waals surface area contributed by atoms with Crippen molar-refractivity contribution < 1.29 is 9.90 Å². The van der Waals surface area contributed by atoms with Crippen molar-refractivity contribution in [2.24, 2.45) is 11.8 Å². The Morgan fingerprint density at radius 3 is 2.58 bits per heavy atom. The fourth-order valence-electron chi connectivity index (χ4n) is 4.07. The van der Waals surface area contributed by atoms with Crippen LogP contribution in [-0.4, -0.2) is 69.7 Å². The number of aliphatic hydroxyl groups is 1. The Bertz CT molecular complexity index is 565. The van der Waals surface area contributed by atoms with E-state index in [1.165, 1.54) is 25.9 Å². The predicted molar refractivity (Wildman–Crippen MR) is 92.6 cm³/mol. The van der Waals surface area contributed by atoms with Gasteiger partial charge in [0.15, 0.2) is 0 Å². The highest BCUT2D eigenvalue weighted by Crippen LogP contribution is 2.24. The van der Waals surface area contributed by atoms with Crippen molar-refractivity contribution >= 4 is 5.91 Å². The third-order valence-corrected chi connectivity index (χ3v) is 5.60. The number of rotatable bonds is 5. The average Bonchev–Trinajstić information content (AvgIpc) is 3.19. The van der Waals surface area contributed by atoms with Crippen LogP contribution in [0.5, 0.6) is 0 Å². The summed E-state index contributed by atoms with van der Waals surface area (Å²) in [5.41, 5.74) is 2.02. The van der Waals surface area contributed by atoms with Gasteiger partial charge >= 0.3 is 0 Å². The molecule has 0 aliphatic carbocycles. The largest absolute Gasteiger partial charge is 0.396 e. The second-order valence-corrected chi connectivity index (χ2v) is 7.50. The summed E-state index contributed by atoms with van der Waals surface area (Å²) in [6.07, 6.45) is 5.36. The molecule has 1 aromatic heterocycles. The fourth-order valence-corrected chi connectivity index (χ4v) is 4.07. The number of hydrogen-bond acceptors (Lipinski definition) is 4. The van der Waals surface area contributed by atoms with E-state index in [1.807, 2.05) is 23.3 Å². The highest BCUT2D eigenvalue weighted by Gasteiger charge is 2.31. The molecule has 3 heterocycles. The lowest BCUT2D eigenvalue weighted by atomic mass is 9.89. The minimum absolute atomic E-state index is 0.139. The minimum atomic E-state index is 0.139. The van der Waals surface area contributed by atoms with E-state index in [0.29, 0.717) is 19.0 Å². The van der Waals surface area contributed by atoms with Crippen LogP contribution in [0.1, 0.15) is 30.7 Å². The lowest BCUT2D eigenvalue weighted by Crippen LogP contribution is -2.48. The monoisotopic (exact) mass is 334 g/mol. The van der Waals surface area contributed by atoms with Crippen LogP contribution < -0.4 is 0 Å². The van der Waals surface area contributed by atoms with Crippen molar-refractivity contribution in [3.8, 4) is 0 Å². The van der Waals surface area contributed by atoms with Crippen molar-refractivity contribution in [3.05, 3.63) is 17.7 Å². The van der Waals surface area contributed by atoms with E-state index in [2.05, 4.69) is 9.88 Å². The van der Waals surface area contributed by atoms with Gasteiger partial charge in [0.25, 0.3) is 0 Å². The van der Waals surface area contributed by atoms with E-state index in [-0.39, 0.29) is 18.4 Å². The van der Waals surface area contributed by atoms with Gasteiger partial charge in [0, 0.05) is 31.9 Å². The van der Waals surface area contributed by atoms with Crippen LogP contribution in [0.4, 0.5) is 0 Å². The standard InChI is InChI=1S/C18H30N4O2/c1-14-15(2)22(13-19-14)11-18(24)21-9-16(7-17(10-21)12-23)8-20-5-3-4-6-20/h13,16-17,23H,3-12H2,1-2H3/t16-,17-/m0/s1. The van der Waals surface area contributed by atoms with Gasteiger partial charge < -0.3 is 19.5 Å². The van der Waals surface area contributed by atoms with Crippen LogP contribution in [0, 0.1) is 25.7 Å². The lowest BCUT2D eigenvalue weighted by Gasteiger charge is -2.38. The molecule has 1 aromatic rings. The molecule has 0 unspecified atom stereocenters. The van der Waals surface area contributed by atoms with Gasteiger partial charge in [0.1, 0.15) is 6.54 Å². The zero-order valence-corrected chi connectivity index (χ0v) is 14.9. The first-order valence-corrected chi connectivity index (χ1v) is 9.16. The summed E-state index contributed by atoms with van der Waals surface area (Å²) in [4.78, 5) is 21.5. The molecule has 2 atom stereocenters. The molecule has 1 N–H and O–H groups in total. The summed E-state index contributed by atoms with van der Waals surface area (Å²) in [5.74, 6) is 0.824. The molecule has 6 nitrogen and oxygen atoms in total. The van der Waals surface area contributed by atoms with Crippen molar-refractivity contribution in [1.29, 1.82) is 0 Å². The molecule has 2 saturated heterocycles. The molecule has 0 saturated carbocycles. The molecule has 0 bridgehead atoms. The Labute approximate surface area is 144 Å². The Kier molecular flexibility index (Phi) is 5.56. The number of hydrogen-bond donors (Lipinski definition) is 1. The highest BCUT2D eigenvalue weighted by molar-refractivity contribution is 5.76. The summed E-state index contributed by atoms with van der Waals surface area (Å²) in [6, 6.07) is 0. The quantitative estimate of drug-likeness (QED) is 0.874. The molecule has 0 radical (unpaired) electrons. The first-order valence-electron chi connectivity index (χ1n) is 9.16. The van der Waals surface area contributed by atoms with E-state index in [9.17, 15) is 9.90 Å². The third-order valence-electron chi connectivity index (χ3n) is 5.60. The number of carbonyl (C=O) groups excluding carboxylic acids is 1. The first-order chi connectivity index (χ1) is 11.6. The van der Waals surface area contributed by atoms with Gasteiger partial charge in [-0.15, -0.1) is 0 Å². The van der Waals surface area contributed by atoms with Gasteiger partial charge in [-0.05, 0) is 58.0 Å². The van der Waals surface area contributed by atoms with Gasteiger partial charge in [0.2, 0.25) is 5.91 Å². The Morgan fingerprint density at radius 1 is 1.25 bits per heavy atom. The SMILES string of the molecule is Cc1ncn(CC(=O)N2C[C@@H](CO)C[C@@H](CN3CCCC3)C2)c1C. The number of piperidine rings is 1. The third kappa shape index (κ3) is 3.98. The van der Waals surface area contributed by atoms with E-state index in [0.717, 1.165) is 30.9 Å². The number of carbonyl (C=O) groups is 1. The number of likely N-dealkylation sites (tertiary alicyclic amines) is 2. The van der Waals surface area contributed by atoms with Crippen LogP contribution in [0.3, 0.4) is 0 Å². The van der Waals surface area contributed by atoms with Crippen LogP contribution >= 0.6 is 0 Å². The van der Waals surface area contributed by atoms with Crippen LogP contribution in [-0.2, 0) is 11.3 Å². The Balaban J connectivity index is 1.62. The zero-order valence-electron chi connectivity index (χ0n) is 14.9. The van der Waals surface area contributed by atoms with Crippen LogP contribution in [0.25, 0.3) is 0 Å². The van der Waals surface area contributed by atoms with E-state index in [4.69, 9.17) is 0 Å². The van der Waals surface area contributed by atoms with Gasteiger partial charge in [-0.2, -0.15) is 0 Å². The zero-order chi connectivity index (χ0) is 17.1. The number of nitrogens with zero attached hydrogens (tertiary/aromatic N) is 4. The summed E-state index contributed by atoms with van der Waals surface area (Å²) in [7, 11) is 0. The smallest absolute Gasteiger partial charge is 0.242 e. The maximum absolute atomic E-state index is 12.8. The molecule has 0 aromatic carbocycles. The van der Waals surface area contributed by atoms with Crippen molar-refractivity contribution in [1.82, 2.24) is 19.4 Å². The summed E-state index contributed by atoms with van der Waals surface area (Å²) in [6.45, 7) is 9.40. The fraction of sp³-hybridized carbons (Fsp3) is 0.778. The van der Waals surface area contributed by atoms with Crippen LogP contribution in [0.15, 0.2) is 6.33 Å². The molecule has 2 aliphatic rings. The van der Waals surface area contributed by atoms with Gasteiger partial charge in [0.05, 0.1) is 12.0 Å². The molecule has 6 heteroatoms. The molecule has 1 amide bonds. The maximum atomic E-state index is 12.8. The molecular weight excluding hydrogens is 304 g/mol. The van der Waals surface area contributed by atoms with Gasteiger partial charge in [-0.25, -0.2) is 4.98 Å². The topological polar surface area (TPSA) is 61.6 Å². The number of aryl methyl sites for hydroxylation is 1. The second-order valence-electron chi connectivity index (χ2n) is 7.50. The van der Waals surface area contributed by atoms with E-state index >= 15 is 0 Å². The molecule has 3 rings (SSSR count). The number of amides is 1. The van der Waals surface area contributed by atoms with Crippen molar-refractivity contribution in [3.63, 3.8) is 0 Å². The molecule has 24 heavy (non-hydrogen) atoms. The maximum Gasteiger partial charge on any atom is 0.242 e. The number of aromatic nitrogens is 2. The Morgan fingerprint density at radius 2 is 1.96 bits per heavy atom. The van der Waals surface area contributed by atoms with E-state index < -0.39 is 0 Å². The van der Waals surface area contributed by atoms with Crippen LogP contribution in [0.2, 0.25) is 0 Å². The summed E-state index contributed by atoms with van der Waals surface area (Å²) >= 11 is 0. The average molecular weight is 334 g/mol. The van der Waals surface area contributed by atoms with Crippen molar-refractivity contribution in [2.45, 2.75) is 39.7 Å². The predicted octanol–water partition coefficient (Wildman–Crippen LogP) is 1.05.